The van der Waals surface area contributed by atoms with Crippen LogP contribution in [0.25, 0.3) is 0 Å². The van der Waals surface area contributed by atoms with Gasteiger partial charge in [0.05, 0.1) is 12.9 Å². The number of carbonyl (C=O) groups excluding carboxylic acids is 2. The Hall–Kier alpha value is -2.66. The van der Waals surface area contributed by atoms with Crippen LogP contribution in [0.5, 0.6) is 0 Å². The summed E-state index contributed by atoms with van der Waals surface area (Å²) in [5.41, 5.74) is 2.67. The van der Waals surface area contributed by atoms with Gasteiger partial charge in [0.1, 0.15) is 11.7 Å². The molecular formula is C23H22ClNO4. The van der Waals surface area contributed by atoms with Crippen molar-refractivity contribution in [1.29, 1.82) is 0 Å². The Bertz CT molecular complexity index is 1010. The van der Waals surface area contributed by atoms with E-state index < -0.39 is 11.8 Å². The minimum Gasteiger partial charge on any atom is -0.469 e. The van der Waals surface area contributed by atoms with Crippen LogP contribution in [0.1, 0.15) is 49.8 Å². The lowest BCUT2D eigenvalue weighted by Crippen LogP contribution is -2.38. The number of nitrogens with zero attached hydrogens (tertiary/aromatic N) is 1. The molecule has 0 saturated carbocycles. The minimum atomic E-state index is -0.669. The average Bonchev–Trinajstić information content (AvgIpc) is 3.22. The minimum absolute atomic E-state index is 0.0249. The Morgan fingerprint density at radius 1 is 1.24 bits per heavy atom. The average molecular weight is 412 g/mol. The molecule has 0 saturated heterocycles. The van der Waals surface area contributed by atoms with Gasteiger partial charge in [-0.25, -0.2) is 0 Å². The summed E-state index contributed by atoms with van der Waals surface area (Å²) < 4.78 is 10.9. The summed E-state index contributed by atoms with van der Waals surface area (Å²) in [4.78, 5) is 30.8. The predicted octanol–water partition coefficient (Wildman–Crippen LogP) is 5.07. The van der Waals surface area contributed by atoms with Crippen LogP contribution in [0.4, 0.5) is 0 Å². The van der Waals surface area contributed by atoms with Crippen molar-refractivity contribution in [2.24, 2.45) is 10.9 Å². The quantitative estimate of drug-likeness (QED) is 0.658. The molecule has 6 heteroatoms. The number of ether oxygens (including phenoxy) is 1. The van der Waals surface area contributed by atoms with Crippen molar-refractivity contribution >= 4 is 29.1 Å². The van der Waals surface area contributed by atoms with Crippen LogP contribution in [-0.2, 0) is 14.3 Å². The lowest BCUT2D eigenvalue weighted by molar-refractivity contribution is -0.146. The first-order valence-electron chi connectivity index (χ1n) is 9.77. The number of carbonyl (C=O) groups is 2. The van der Waals surface area contributed by atoms with Crippen LogP contribution in [0.3, 0.4) is 0 Å². The monoisotopic (exact) mass is 411 g/mol. The molecule has 0 spiro atoms. The number of halogens is 1. The lowest BCUT2D eigenvalue weighted by atomic mass is 9.70. The van der Waals surface area contributed by atoms with Crippen molar-refractivity contribution in [1.82, 2.24) is 0 Å². The van der Waals surface area contributed by atoms with E-state index in [1.54, 1.807) is 19.3 Å². The second-order valence-electron chi connectivity index (χ2n) is 7.39. The summed E-state index contributed by atoms with van der Waals surface area (Å²) in [5.74, 6) is -0.856. The molecule has 2 aliphatic rings. The topological polar surface area (TPSA) is 68.9 Å². The zero-order valence-electron chi connectivity index (χ0n) is 16.4. The highest BCUT2D eigenvalue weighted by Crippen LogP contribution is 2.48. The number of esters is 1. The van der Waals surface area contributed by atoms with Gasteiger partial charge in [0.2, 0.25) is 0 Å². The fourth-order valence-electron chi connectivity index (χ4n) is 4.39. The van der Waals surface area contributed by atoms with E-state index in [9.17, 15) is 9.59 Å². The number of ketones is 1. The van der Waals surface area contributed by atoms with E-state index >= 15 is 0 Å². The molecule has 0 amide bonds. The number of hydrogen-bond acceptors (Lipinski definition) is 5. The van der Waals surface area contributed by atoms with Gasteiger partial charge < -0.3 is 9.15 Å². The number of Topliss-reactive ketones (excluding diaryl/α,β-unsaturated/α-hetero) is 1. The SMILES string of the molecule is CCOC(=O)C1C(C)=NC2=C(C(=O)C[C@H](c3ccco3)C2)[C@H]1c1ccccc1Cl. The molecule has 29 heavy (non-hydrogen) atoms. The second-order valence-corrected chi connectivity index (χ2v) is 7.79. The number of furan rings is 1. The number of hydrogen-bond donors (Lipinski definition) is 0. The van der Waals surface area contributed by atoms with E-state index in [1.165, 1.54) is 0 Å². The molecule has 0 fully saturated rings. The van der Waals surface area contributed by atoms with Crippen LogP contribution < -0.4 is 0 Å². The molecule has 1 unspecified atom stereocenters. The Kier molecular flexibility index (Phi) is 5.41. The molecule has 1 aromatic heterocycles. The first-order valence-corrected chi connectivity index (χ1v) is 10.1. The largest absolute Gasteiger partial charge is 0.469 e. The molecule has 1 aliphatic carbocycles. The standard InChI is InChI=1S/C23H22ClNO4/c1-3-28-23(27)20-13(2)25-17-11-14(19-9-6-10-29-19)12-18(26)22(17)21(20)15-7-4-5-8-16(15)24/h4-10,14,20-21H,3,11-12H2,1-2H3/t14-,20?,21+/m1/s1. The van der Waals surface area contributed by atoms with Crippen molar-refractivity contribution in [3.63, 3.8) is 0 Å². The molecule has 150 valence electrons. The molecule has 1 aliphatic heterocycles. The van der Waals surface area contributed by atoms with E-state index in [1.807, 2.05) is 37.3 Å². The summed E-state index contributed by atoms with van der Waals surface area (Å²) in [6.45, 7) is 3.84. The van der Waals surface area contributed by atoms with Gasteiger partial charge in [0.15, 0.2) is 5.78 Å². The third-order valence-corrected chi connectivity index (χ3v) is 5.96. The summed E-state index contributed by atoms with van der Waals surface area (Å²) >= 11 is 6.50. The van der Waals surface area contributed by atoms with Crippen molar-refractivity contribution in [3.05, 3.63) is 70.3 Å². The van der Waals surface area contributed by atoms with Crippen LogP contribution in [0, 0.1) is 5.92 Å². The molecule has 5 nitrogen and oxygen atoms in total. The molecule has 0 radical (unpaired) electrons. The molecule has 0 N–H and O–H groups in total. The van der Waals surface area contributed by atoms with Crippen molar-refractivity contribution in [2.45, 2.75) is 38.5 Å². The maximum atomic E-state index is 13.3. The van der Waals surface area contributed by atoms with Gasteiger partial charge in [0.25, 0.3) is 0 Å². The summed E-state index contributed by atoms with van der Waals surface area (Å²) in [7, 11) is 0. The lowest BCUT2D eigenvalue weighted by Gasteiger charge is -2.36. The molecule has 0 bridgehead atoms. The van der Waals surface area contributed by atoms with Gasteiger partial charge in [-0.05, 0) is 37.6 Å². The highest BCUT2D eigenvalue weighted by molar-refractivity contribution is 6.31. The predicted molar refractivity (Wildman–Crippen MR) is 110 cm³/mol. The van der Waals surface area contributed by atoms with Crippen LogP contribution in [-0.4, -0.2) is 24.1 Å². The highest BCUT2D eigenvalue weighted by atomic mass is 35.5. The highest BCUT2D eigenvalue weighted by Gasteiger charge is 2.45. The van der Waals surface area contributed by atoms with E-state index in [2.05, 4.69) is 0 Å². The number of aliphatic imine (C=N–C) groups is 1. The zero-order chi connectivity index (χ0) is 20.5. The summed E-state index contributed by atoms with van der Waals surface area (Å²) in [5, 5.41) is 0.523. The van der Waals surface area contributed by atoms with Gasteiger partial charge in [-0.15, -0.1) is 0 Å². The normalized spacial score (nSPS) is 24.2. The fraction of sp³-hybridized carbons (Fsp3) is 0.348. The van der Waals surface area contributed by atoms with Crippen molar-refractivity contribution in [3.8, 4) is 0 Å². The third-order valence-electron chi connectivity index (χ3n) is 5.61. The Morgan fingerprint density at radius 3 is 2.72 bits per heavy atom. The van der Waals surface area contributed by atoms with Gasteiger partial charge in [-0.3, -0.25) is 14.6 Å². The van der Waals surface area contributed by atoms with Crippen LogP contribution in [0.2, 0.25) is 5.02 Å². The van der Waals surface area contributed by atoms with Crippen molar-refractivity contribution in [2.75, 3.05) is 6.61 Å². The Balaban J connectivity index is 1.83. The summed E-state index contributed by atoms with van der Waals surface area (Å²) in [6, 6.07) is 11.1. The first-order chi connectivity index (χ1) is 14.0. The maximum Gasteiger partial charge on any atom is 0.315 e. The first kappa shape index (κ1) is 19.6. The van der Waals surface area contributed by atoms with Gasteiger partial charge in [0, 0.05) is 46.7 Å². The van der Waals surface area contributed by atoms with Crippen molar-refractivity contribution < 1.29 is 18.7 Å². The summed E-state index contributed by atoms with van der Waals surface area (Å²) in [6.07, 6.45) is 2.52. The van der Waals surface area contributed by atoms with E-state index in [-0.39, 0.29) is 24.3 Å². The van der Waals surface area contributed by atoms with Gasteiger partial charge in [-0.2, -0.15) is 0 Å². The maximum absolute atomic E-state index is 13.3. The van der Waals surface area contributed by atoms with Crippen LogP contribution >= 0.6 is 11.6 Å². The van der Waals surface area contributed by atoms with E-state index in [0.29, 0.717) is 34.8 Å². The number of rotatable bonds is 4. The van der Waals surface area contributed by atoms with Gasteiger partial charge >= 0.3 is 5.97 Å². The molecule has 4 rings (SSSR count). The smallest absolute Gasteiger partial charge is 0.315 e. The number of allylic oxidation sites excluding steroid dienone is 2. The van der Waals surface area contributed by atoms with E-state index in [0.717, 1.165) is 11.3 Å². The van der Waals surface area contributed by atoms with E-state index in [4.69, 9.17) is 25.7 Å². The molecular weight excluding hydrogens is 390 g/mol. The molecule has 3 atom stereocenters. The third kappa shape index (κ3) is 3.55. The fourth-order valence-corrected chi connectivity index (χ4v) is 4.64. The van der Waals surface area contributed by atoms with Crippen LogP contribution in [0.15, 0.2) is 63.3 Å². The van der Waals surface area contributed by atoms with Gasteiger partial charge in [-0.1, -0.05) is 29.8 Å². The Morgan fingerprint density at radius 2 is 2.03 bits per heavy atom. The number of benzene rings is 1. The zero-order valence-corrected chi connectivity index (χ0v) is 17.1. The molecule has 1 aromatic carbocycles. The second kappa shape index (κ2) is 7.99. The molecule has 2 heterocycles. The molecule has 2 aromatic rings. The Labute approximate surface area is 174 Å².